The van der Waals surface area contributed by atoms with E-state index in [1.807, 2.05) is 69.3 Å². The van der Waals surface area contributed by atoms with Crippen molar-refractivity contribution < 1.29 is 9.53 Å². The van der Waals surface area contributed by atoms with Gasteiger partial charge in [-0.3, -0.25) is 14.7 Å². The van der Waals surface area contributed by atoms with Gasteiger partial charge in [0.15, 0.2) is 5.17 Å². The largest absolute Gasteiger partial charge is 0.493 e. The summed E-state index contributed by atoms with van der Waals surface area (Å²) in [4.78, 5) is 20.4. The highest BCUT2D eigenvalue weighted by atomic mass is 32.2. The Bertz CT molecular complexity index is 958. The molecule has 2 aromatic carbocycles. The van der Waals surface area contributed by atoms with Crippen molar-refractivity contribution in [2.24, 2.45) is 4.99 Å². The number of hydrogen-bond donors (Lipinski definition) is 0. The second-order valence-corrected chi connectivity index (χ2v) is 8.98. The van der Waals surface area contributed by atoms with Gasteiger partial charge in [-0.05, 0) is 86.8 Å². The van der Waals surface area contributed by atoms with Crippen LogP contribution in [0, 0.1) is 0 Å². The molecule has 0 N–H and O–H groups in total. The number of para-hydroxylation sites is 1. The van der Waals surface area contributed by atoms with Crippen LogP contribution in [-0.4, -0.2) is 23.2 Å². The summed E-state index contributed by atoms with van der Waals surface area (Å²) in [6.45, 7) is 6.90. The van der Waals surface area contributed by atoms with Gasteiger partial charge in [-0.25, -0.2) is 0 Å². The van der Waals surface area contributed by atoms with Gasteiger partial charge in [0.2, 0.25) is 0 Å². The SMILES string of the molecule is CC(C)(C)/N=C1\S/C(=C\c2ccc3c(c2)CCCO3)C(=O)N1c1ccccc1. The summed E-state index contributed by atoms with van der Waals surface area (Å²) >= 11 is 1.44. The Kier molecular flexibility index (Phi) is 5.02. The van der Waals surface area contributed by atoms with E-state index >= 15 is 0 Å². The maximum absolute atomic E-state index is 13.2. The minimum absolute atomic E-state index is 0.0341. The van der Waals surface area contributed by atoms with Gasteiger partial charge in [0.05, 0.1) is 22.7 Å². The summed E-state index contributed by atoms with van der Waals surface area (Å²) in [6.07, 6.45) is 4.01. The van der Waals surface area contributed by atoms with Crippen LogP contribution in [0.2, 0.25) is 0 Å². The Labute approximate surface area is 170 Å². The molecule has 0 radical (unpaired) electrons. The molecule has 5 heteroatoms. The third-order valence-corrected chi connectivity index (χ3v) is 5.45. The Morgan fingerprint density at radius 1 is 1.14 bits per heavy atom. The minimum atomic E-state index is -0.270. The van der Waals surface area contributed by atoms with Crippen molar-refractivity contribution in [3.8, 4) is 5.75 Å². The van der Waals surface area contributed by atoms with Crippen LogP contribution in [0.25, 0.3) is 6.08 Å². The average molecular weight is 393 g/mol. The van der Waals surface area contributed by atoms with E-state index in [9.17, 15) is 4.79 Å². The molecule has 2 aromatic rings. The third kappa shape index (κ3) is 3.99. The van der Waals surface area contributed by atoms with E-state index in [4.69, 9.17) is 9.73 Å². The topological polar surface area (TPSA) is 41.9 Å². The fourth-order valence-corrected chi connectivity index (χ4v) is 4.43. The molecule has 4 nitrogen and oxygen atoms in total. The van der Waals surface area contributed by atoms with Gasteiger partial charge in [0, 0.05) is 0 Å². The lowest BCUT2D eigenvalue weighted by Crippen LogP contribution is -2.30. The number of amides is 1. The monoisotopic (exact) mass is 392 g/mol. The van der Waals surface area contributed by atoms with Crippen LogP contribution in [0.4, 0.5) is 5.69 Å². The Balaban J connectivity index is 1.71. The van der Waals surface area contributed by atoms with Crippen molar-refractivity contribution in [1.82, 2.24) is 0 Å². The molecule has 0 bridgehead atoms. The molecule has 2 heterocycles. The van der Waals surface area contributed by atoms with E-state index in [0.29, 0.717) is 4.91 Å². The van der Waals surface area contributed by atoms with E-state index in [1.165, 1.54) is 17.3 Å². The van der Waals surface area contributed by atoms with Crippen LogP contribution < -0.4 is 9.64 Å². The molecule has 0 atom stereocenters. The number of hydrogen-bond acceptors (Lipinski definition) is 4. The van der Waals surface area contributed by atoms with E-state index in [0.717, 1.165) is 41.6 Å². The number of benzene rings is 2. The number of anilines is 1. The minimum Gasteiger partial charge on any atom is -0.493 e. The molecule has 4 rings (SSSR count). The molecule has 0 aromatic heterocycles. The first-order valence-electron chi connectivity index (χ1n) is 9.55. The standard InChI is InChI=1S/C23H24N2O2S/c1-23(2,3)24-22-25(18-9-5-4-6-10-18)21(26)20(28-22)15-16-11-12-19-17(14-16)8-7-13-27-19/h4-6,9-12,14-15H,7-8,13H2,1-3H3/b20-15-,24-22-. The van der Waals surface area contributed by atoms with Crippen molar-refractivity contribution in [2.45, 2.75) is 39.2 Å². The van der Waals surface area contributed by atoms with Crippen molar-refractivity contribution in [2.75, 3.05) is 11.5 Å². The van der Waals surface area contributed by atoms with Gasteiger partial charge >= 0.3 is 0 Å². The van der Waals surface area contributed by atoms with Crippen molar-refractivity contribution >= 4 is 34.6 Å². The maximum atomic E-state index is 13.2. The van der Waals surface area contributed by atoms with E-state index in [1.54, 1.807) is 4.90 Å². The van der Waals surface area contributed by atoms with Crippen LogP contribution in [0.3, 0.4) is 0 Å². The lowest BCUT2D eigenvalue weighted by atomic mass is 10.0. The van der Waals surface area contributed by atoms with Crippen LogP contribution in [0.5, 0.6) is 5.75 Å². The highest BCUT2D eigenvalue weighted by Gasteiger charge is 2.35. The number of carbonyl (C=O) groups is 1. The van der Waals surface area contributed by atoms with Crippen LogP contribution in [0.1, 0.15) is 38.3 Å². The molecule has 0 aliphatic carbocycles. The van der Waals surface area contributed by atoms with E-state index < -0.39 is 0 Å². The van der Waals surface area contributed by atoms with Gasteiger partial charge in [-0.1, -0.05) is 24.3 Å². The van der Waals surface area contributed by atoms with Gasteiger partial charge in [-0.2, -0.15) is 0 Å². The molecule has 28 heavy (non-hydrogen) atoms. The lowest BCUT2D eigenvalue weighted by molar-refractivity contribution is -0.113. The quantitative estimate of drug-likeness (QED) is 0.653. The normalized spacial score (nSPS) is 19.8. The van der Waals surface area contributed by atoms with Crippen LogP contribution in [0.15, 0.2) is 58.4 Å². The van der Waals surface area contributed by atoms with E-state index in [2.05, 4.69) is 6.07 Å². The van der Waals surface area contributed by atoms with Crippen LogP contribution >= 0.6 is 11.8 Å². The molecule has 1 fully saturated rings. The number of rotatable bonds is 2. The van der Waals surface area contributed by atoms with Crippen molar-refractivity contribution in [3.05, 3.63) is 64.6 Å². The zero-order valence-electron chi connectivity index (χ0n) is 16.4. The predicted molar refractivity (Wildman–Crippen MR) is 117 cm³/mol. The second-order valence-electron chi connectivity index (χ2n) is 7.97. The number of thioether (sulfide) groups is 1. The number of carbonyl (C=O) groups excluding carboxylic acids is 1. The number of aliphatic imine (C=N–C) groups is 1. The number of nitrogens with zero attached hydrogens (tertiary/aromatic N) is 2. The number of fused-ring (bicyclic) bond motifs is 1. The Morgan fingerprint density at radius 2 is 1.93 bits per heavy atom. The molecule has 1 saturated heterocycles. The lowest BCUT2D eigenvalue weighted by Gasteiger charge is -2.19. The van der Waals surface area contributed by atoms with E-state index in [-0.39, 0.29) is 11.4 Å². The Morgan fingerprint density at radius 3 is 2.68 bits per heavy atom. The zero-order valence-corrected chi connectivity index (χ0v) is 17.3. The molecule has 144 valence electrons. The fourth-order valence-electron chi connectivity index (χ4n) is 3.26. The fraction of sp³-hybridized carbons (Fsp3) is 0.304. The molecule has 0 unspecified atom stereocenters. The zero-order chi connectivity index (χ0) is 19.7. The first-order valence-corrected chi connectivity index (χ1v) is 10.4. The second kappa shape index (κ2) is 7.47. The first kappa shape index (κ1) is 18.8. The van der Waals surface area contributed by atoms with Gasteiger partial charge in [0.1, 0.15) is 5.75 Å². The third-order valence-electron chi connectivity index (χ3n) is 4.48. The summed E-state index contributed by atoms with van der Waals surface area (Å²) in [5.74, 6) is 0.924. The number of ether oxygens (including phenoxy) is 1. The summed E-state index contributed by atoms with van der Waals surface area (Å²) in [7, 11) is 0. The summed E-state index contributed by atoms with van der Waals surface area (Å²) in [5, 5.41) is 0.719. The summed E-state index contributed by atoms with van der Waals surface area (Å²) in [5.41, 5.74) is 2.80. The smallest absolute Gasteiger partial charge is 0.271 e. The number of aryl methyl sites for hydroxylation is 1. The highest BCUT2D eigenvalue weighted by molar-refractivity contribution is 8.19. The van der Waals surface area contributed by atoms with Gasteiger partial charge in [-0.15, -0.1) is 0 Å². The molecule has 2 aliphatic rings. The average Bonchev–Trinajstić information content (AvgIpc) is 2.95. The molecular weight excluding hydrogens is 368 g/mol. The molecule has 0 saturated carbocycles. The molecule has 0 spiro atoms. The maximum Gasteiger partial charge on any atom is 0.271 e. The summed E-state index contributed by atoms with van der Waals surface area (Å²) in [6, 6.07) is 15.8. The van der Waals surface area contributed by atoms with Gasteiger partial charge in [0.25, 0.3) is 5.91 Å². The predicted octanol–water partition coefficient (Wildman–Crippen LogP) is 5.29. The Hall–Kier alpha value is -2.53. The van der Waals surface area contributed by atoms with Gasteiger partial charge < -0.3 is 4.74 Å². The highest BCUT2D eigenvalue weighted by Crippen LogP contribution is 2.37. The molecular formula is C23H24N2O2S. The number of amidine groups is 1. The molecule has 1 amide bonds. The van der Waals surface area contributed by atoms with Crippen molar-refractivity contribution in [1.29, 1.82) is 0 Å². The first-order chi connectivity index (χ1) is 13.4. The summed E-state index contributed by atoms with van der Waals surface area (Å²) < 4.78 is 5.70. The molecule has 2 aliphatic heterocycles. The van der Waals surface area contributed by atoms with Crippen molar-refractivity contribution in [3.63, 3.8) is 0 Å². The van der Waals surface area contributed by atoms with Crippen LogP contribution in [-0.2, 0) is 11.2 Å².